The van der Waals surface area contributed by atoms with Crippen molar-refractivity contribution in [2.24, 2.45) is 0 Å². The van der Waals surface area contributed by atoms with Crippen LogP contribution in [0.3, 0.4) is 0 Å². The molecule has 0 aliphatic rings. The third-order valence-electron chi connectivity index (χ3n) is 2.18. The van der Waals surface area contributed by atoms with Gasteiger partial charge in [0.2, 0.25) is 0 Å². The molecule has 1 N–H and O–H groups in total. The van der Waals surface area contributed by atoms with Crippen molar-refractivity contribution < 1.29 is 5.11 Å². The molecule has 4 heteroatoms. The van der Waals surface area contributed by atoms with Crippen LogP contribution in [0.15, 0.2) is 12.3 Å². The first-order valence-corrected chi connectivity index (χ1v) is 5.10. The number of aromatic nitrogens is 1. The molecule has 14 heavy (non-hydrogen) atoms. The monoisotopic (exact) mass is 214 g/mol. The minimum atomic E-state index is -0.0460. The number of halogens is 1. The molecule has 0 saturated heterocycles. The zero-order valence-electron chi connectivity index (χ0n) is 8.50. The van der Waals surface area contributed by atoms with Gasteiger partial charge >= 0.3 is 0 Å². The Hall–Kier alpha value is -0.800. The lowest BCUT2D eigenvalue weighted by Crippen LogP contribution is -2.23. The third kappa shape index (κ3) is 2.36. The average Bonchev–Trinajstić information content (AvgIpc) is 2.22. The van der Waals surface area contributed by atoms with Crippen molar-refractivity contribution in [1.29, 1.82) is 0 Å². The van der Waals surface area contributed by atoms with Gasteiger partial charge in [-0.2, -0.15) is 0 Å². The van der Waals surface area contributed by atoms with Gasteiger partial charge in [-0.1, -0.05) is 11.6 Å². The van der Waals surface area contributed by atoms with Crippen molar-refractivity contribution in [2.75, 3.05) is 18.0 Å². The molecule has 0 amide bonds. The fourth-order valence-electron chi connectivity index (χ4n) is 1.31. The van der Waals surface area contributed by atoms with Crippen LogP contribution in [0.2, 0.25) is 5.02 Å². The second-order valence-electron chi connectivity index (χ2n) is 2.96. The van der Waals surface area contributed by atoms with Crippen LogP contribution in [-0.4, -0.2) is 23.2 Å². The minimum absolute atomic E-state index is 0.0460. The highest BCUT2D eigenvalue weighted by molar-refractivity contribution is 6.31. The van der Waals surface area contributed by atoms with Crippen molar-refractivity contribution in [3.05, 3.63) is 22.8 Å². The molecule has 0 unspecified atom stereocenters. The van der Waals surface area contributed by atoms with Crippen LogP contribution in [-0.2, 0) is 6.61 Å². The van der Waals surface area contributed by atoms with E-state index in [-0.39, 0.29) is 6.61 Å². The zero-order valence-corrected chi connectivity index (χ0v) is 9.25. The van der Waals surface area contributed by atoms with Crippen LogP contribution in [0.1, 0.15) is 19.4 Å². The molecule has 0 aliphatic heterocycles. The third-order valence-corrected chi connectivity index (χ3v) is 2.52. The molecule has 0 fully saturated rings. The van der Waals surface area contributed by atoms with Gasteiger partial charge in [0.25, 0.3) is 0 Å². The summed E-state index contributed by atoms with van der Waals surface area (Å²) in [4.78, 5) is 6.32. The molecule has 1 heterocycles. The molecule has 3 nitrogen and oxygen atoms in total. The first-order valence-electron chi connectivity index (χ1n) is 4.73. The van der Waals surface area contributed by atoms with E-state index in [9.17, 15) is 0 Å². The zero-order chi connectivity index (χ0) is 10.6. The molecule has 0 radical (unpaired) electrons. The summed E-state index contributed by atoms with van der Waals surface area (Å²) in [5, 5.41) is 9.56. The van der Waals surface area contributed by atoms with E-state index in [2.05, 4.69) is 23.7 Å². The Kier molecular flexibility index (Phi) is 4.17. The molecule has 0 aliphatic carbocycles. The van der Waals surface area contributed by atoms with Gasteiger partial charge in [-0.3, -0.25) is 0 Å². The first kappa shape index (κ1) is 11.3. The maximum absolute atomic E-state index is 9.04. The van der Waals surface area contributed by atoms with Crippen LogP contribution in [0.25, 0.3) is 0 Å². The Morgan fingerprint density at radius 3 is 2.57 bits per heavy atom. The van der Waals surface area contributed by atoms with Crippen LogP contribution < -0.4 is 4.90 Å². The molecule has 0 saturated carbocycles. The van der Waals surface area contributed by atoms with E-state index in [1.807, 2.05) is 6.07 Å². The Balaban J connectivity index is 2.98. The van der Waals surface area contributed by atoms with Crippen molar-refractivity contribution in [2.45, 2.75) is 20.5 Å². The molecule has 1 aromatic heterocycles. The maximum Gasteiger partial charge on any atom is 0.128 e. The summed E-state index contributed by atoms with van der Waals surface area (Å²) >= 11 is 5.85. The Bertz CT molecular complexity index is 300. The number of nitrogens with zero attached hydrogens (tertiary/aromatic N) is 2. The van der Waals surface area contributed by atoms with E-state index in [1.54, 1.807) is 6.20 Å². The van der Waals surface area contributed by atoms with E-state index in [4.69, 9.17) is 16.7 Å². The molecule has 78 valence electrons. The quantitative estimate of drug-likeness (QED) is 0.834. The normalized spacial score (nSPS) is 10.3. The van der Waals surface area contributed by atoms with Gasteiger partial charge in [-0.25, -0.2) is 4.98 Å². The summed E-state index contributed by atoms with van der Waals surface area (Å²) < 4.78 is 0. The Morgan fingerprint density at radius 1 is 1.43 bits per heavy atom. The summed E-state index contributed by atoms with van der Waals surface area (Å²) in [6, 6.07) is 1.83. The summed E-state index contributed by atoms with van der Waals surface area (Å²) in [6.07, 6.45) is 1.58. The predicted octanol–water partition coefficient (Wildman–Crippen LogP) is 2.07. The molecular formula is C10H15ClN2O. The highest BCUT2D eigenvalue weighted by Gasteiger charge is 2.06. The fraction of sp³-hybridized carbons (Fsp3) is 0.500. The summed E-state index contributed by atoms with van der Waals surface area (Å²) in [7, 11) is 0. The van der Waals surface area contributed by atoms with Crippen LogP contribution in [0.4, 0.5) is 5.82 Å². The van der Waals surface area contributed by atoms with Gasteiger partial charge in [0.15, 0.2) is 0 Å². The fourth-order valence-corrected chi connectivity index (χ4v) is 1.47. The van der Waals surface area contributed by atoms with Gasteiger partial charge in [-0.15, -0.1) is 0 Å². The van der Waals surface area contributed by atoms with E-state index in [0.717, 1.165) is 24.5 Å². The van der Waals surface area contributed by atoms with Gasteiger partial charge < -0.3 is 10.0 Å². The highest BCUT2D eigenvalue weighted by Crippen LogP contribution is 2.20. The van der Waals surface area contributed by atoms with Gasteiger partial charge in [0.1, 0.15) is 5.82 Å². The summed E-state index contributed by atoms with van der Waals surface area (Å²) in [5.41, 5.74) is 0.726. The standard InChI is InChI=1S/C10H15ClN2O/c1-3-13(4-2)10-5-8(7-14)9(11)6-12-10/h5-6,14H,3-4,7H2,1-2H3. The number of anilines is 1. The lowest BCUT2D eigenvalue weighted by Gasteiger charge is -2.20. The Morgan fingerprint density at radius 2 is 2.07 bits per heavy atom. The predicted molar refractivity (Wildman–Crippen MR) is 58.7 cm³/mol. The molecule has 0 atom stereocenters. The number of aliphatic hydroxyl groups excluding tert-OH is 1. The molecular weight excluding hydrogens is 200 g/mol. The van der Waals surface area contributed by atoms with Crippen molar-refractivity contribution in [1.82, 2.24) is 4.98 Å². The van der Waals surface area contributed by atoms with E-state index in [1.165, 1.54) is 0 Å². The SMILES string of the molecule is CCN(CC)c1cc(CO)c(Cl)cn1. The lowest BCUT2D eigenvalue weighted by atomic mass is 10.2. The van der Waals surface area contributed by atoms with Gasteiger partial charge in [0, 0.05) is 24.8 Å². The number of aliphatic hydroxyl groups is 1. The van der Waals surface area contributed by atoms with Crippen molar-refractivity contribution in [3.8, 4) is 0 Å². The summed E-state index contributed by atoms with van der Waals surface area (Å²) in [6.45, 7) is 5.89. The molecule has 1 aromatic rings. The molecule has 0 aromatic carbocycles. The number of hydrogen-bond donors (Lipinski definition) is 1. The lowest BCUT2D eigenvalue weighted by molar-refractivity contribution is 0.282. The van der Waals surface area contributed by atoms with Crippen LogP contribution >= 0.6 is 11.6 Å². The minimum Gasteiger partial charge on any atom is -0.392 e. The molecule has 0 bridgehead atoms. The second-order valence-corrected chi connectivity index (χ2v) is 3.37. The first-order chi connectivity index (χ1) is 6.72. The Labute approximate surface area is 89.3 Å². The van der Waals surface area contributed by atoms with Crippen molar-refractivity contribution in [3.63, 3.8) is 0 Å². The van der Waals surface area contributed by atoms with Crippen molar-refractivity contribution >= 4 is 17.4 Å². The largest absolute Gasteiger partial charge is 0.392 e. The summed E-state index contributed by atoms with van der Waals surface area (Å²) in [5.74, 6) is 0.864. The number of pyridine rings is 1. The van der Waals surface area contributed by atoms with E-state index >= 15 is 0 Å². The number of hydrogen-bond acceptors (Lipinski definition) is 3. The highest BCUT2D eigenvalue weighted by atomic mass is 35.5. The second kappa shape index (κ2) is 5.17. The molecule has 1 rings (SSSR count). The van der Waals surface area contributed by atoms with E-state index < -0.39 is 0 Å². The number of rotatable bonds is 4. The maximum atomic E-state index is 9.04. The van der Waals surface area contributed by atoms with E-state index in [0.29, 0.717) is 5.02 Å². The van der Waals surface area contributed by atoms with Crippen LogP contribution in [0, 0.1) is 0 Å². The van der Waals surface area contributed by atoms with Gasteiger partial charge in [0.05, 0.1) is 11.6 Å². The molecule has 0 spiro atoms. The topological polar surface area (TPSA) is 36.4 Å². The van der Waals surface area contributed by atoms with Gasteiger partial charge in [-0.05, 0) is 19.9 Å². The van der Waals surface area contributed by atoms with Crippen LogP contribution in [0.5, 0.6) is 0 Å². The average molecular weight is 215 g/mol. The smallest absolute Gasteiger partial charge is 0.128 e.